The molecule has 0 saturated carbocycles. The molecule has 0 unspecified atom stereocenters. The lowest BCUT2D eigenvalue weighted by Gasteiger charge is -2.33. The molecular formula is C11H18N4O. The molecule has 2 heterocycles. The van der Waals surface area contributed by atoms with Crippen LogP contribution in [-0.4, -0.2) is 47.8 Å². The van der Waals surface area contributed by atoms with E-state index in [1.807, 2.05) is 11.1 Å². The first-order chi connectivity index (χ1) is 7.90. The molecule has 1 aliphatic heterocycles. The van der Waals surface area contributed by atoms with Crippen LogP contribution in [0.4, 0.5) is 5.95 Å². The molecule has 1 aliphatic rings. The smallest absolute Gasteiger partial charge is 0.225 e. The van der Waals surface area contributed by atoms with Crippen LogP contribution in [0.2, 0.25) is 0 Å². The summed E-state index contributed by atoms with van der Waals surface area (Å²) in [5, 5.41) is 2.03. The molecule has 0 atom stereocenters. The standard InChI is InChI=1S/C11H18N4O/c1-2-10-16-15-8-6-14(7-9-15)11-12-4-3-5-13-11/h3-5H,2,6-10H2,1H3. The number of hydrogen-bond donors (Lipinski definition) is 0. The number of nitrogens with zero attached hydrogens (tertiary/aromatic N) is 4. The minimum Gasteiger partial charge on any atom is -0.338 e. The zero-order valence-corrected chi connectivity index (χ0v) is 9.67. The summed E-state index contributed by atoms with van der Waals surface area (Å²) in [6.07, 6.45) is 4.62. The van der Waals surface area contributed by atoms with Gasteiger partial charge in [-0.05, 0) is 12.5 Å². The van der Waals surface area contributed by atoms with Crippen molar-refractivity contribution in [3.8, 4) is 0 Å². The van der Waals surface area contributed by atoms with Crippen molar-refractivity contribution in [3.05, 3.63) is 18.5 Å². The quantitative estimate of drug-likeness (QED) is 0.758. The number of hydrogen-bond acceptors (Lipinski definition) is 5. The molecule has 0 radical (unpaired) electrons. The van der Waals surface area contributed by atoms with Crippen LogP contribution >= 0.6 is 0 Å². The highest BCUT2D eigenvalue weighted by molar-refractivity contribution is 5.28. The summed E-state index contributed by atoms with van der Waals surface area (Å²) in [6, 6.07) is 1.84. The molecule has 0 amide bonds. The Balaban J connectivity index is 1.81. The van der Waals surface area contributed by atoms with E-state index in [1.165, 1.54) is 0 Å². The van der Waals surface area contributed by atoms with Crippen molar-refractivity contribution in [3.63, 3.8) is 0 Å². The Morgan fingerprint density at radius 3 is 2.50 bits per heavy atom. The molecule has 0 aliphatic carbocycles. The maximum atomic E-state index is 5.58. The first-order valence-corrected chi connectivity index (χ1v) is 5.80. The van der Waals surface area contributed by atoms with Gasteiger partial charge in [0.25, 0.3) is 0 Å². The van der Waals surface area contributed by atoms with Gasteiger partial charge in [-0.15, -0.1) is 0 Å². The average molecular weight is 222 g/mol. The predicted octanol–water partition coefficient (Wildman–Crippen LogP) is 0.940. The van der Waals surface area contributed by atoms with E-state index in [4.69, 9.17) is 4.84 Å². The monoisotopic (exact) mass is 222 g/mol. The molecule has 5 nitrogen and oxygen atoms in total. The molecule has 0 N–H and O–H groups in total. The van der Waals surface area contributed by atoms with Crippen LogP contribution in [0.5, 0.6) is 0 Å². The van der Waals surface area contributed by atoms with E-state index in [-0.39, 0.29) is 0 Å². The van der Waals surface area contributed by atoms with Gasteiger partial charge in [0.2, 0.25) is 5.95 Å². The largest absolute Gasteiger partial charge is 0.338 e. The van der Waals surface area contributed by atoms with Gasteiger partial charge in [-0.25, -0.2) is 9.97 Å². The van der Waals surface area contributed by atoms with Crippen LogP contribution in [0.15, 0.2) is 18.5 Å². The summed E-state index contributed by atoms with van der Waals surface area (Å²) >= 11 is 0. The van der Waals surface area contributed by atoms with Gasteiger partial charge in [0.15, 0.2) is 0 Å². The van der Waals surface area contributed by atoms with E-state index in [0.717, 1.165) is 45.2 Å². The predicted molar refractivity (Wildman–Crippen MR) is 62.1 cm³/mol. The van der Waals surface area contributed by atoms with E-state index < -0.39 is 0 Å². The van der Waals surface area contributed by atoms with Crippen molar-refractivity contribution in [2.45, 2.75) is 13.3 Å². The van der Waals surface area contributed by atoms with Gasteiger partial charge in [0, 0.05) is 38.6 Å². The van der Waals surface area contributed by atoms with E-state index >= 15 is 0 Å². The molecule has 0 aromatic carbocycles. The fraction of sp³-hybridized carbons (Fsp3) is 0.636. The van der Waals surface area contributed by atoms with Crippen molar-refractivity contribution >= 4 is 5.95 Å². The molecule has 1 saturated heterocycles. The highest BCUT2D eigenvalue weighted by Crippen LogP contribution is 2.09. The molecule has 1 fully saturated rings. The SMILES string of the molecule is CCCON1CCN(c2ncccn2)CC1. The van der Waals surface area contributed by atoms with E-state index in [1.54, 1.807) is 12.4 Å². The van der Waals surface area contributed by atoms with Crippen LogP contribution < -0.4 is 4.90 Å². The Morgan fingerprint density at radius 2 is 1.88 bits per heavy atom. The maximum absolute atomic E-state index is 5.58. The first-order valence-electron chi connectivity index (χ1n) is 5.80. The third-order valence-electron chi connectivity index (χ3n) is 2.55. The summed E-state index contributed by atoms with van der Waals surface area (Å²) < 4.78 is 0. The summed E-state index contributed by atoms with van der Waals surface area (Å²) in [5.41, 5.74) is 0. The molecule has 0 spiro atoms. The molecule has 0 bridgehead atoms. The molecule has 5 heteroatoms. The zero-order chi connectivity index (χ0) is 11.2. The Kier molecular flexibility index (Phi) is 4.07. The third-order valence-corrected chi connectivity index (χ3v) is 2.55. The van der Waals surface area contributed by atoms with E-state index in [9.17, 15) is 0 Å². The summed E-state index contributed by atoms with van der Waals surface area (Å²) in [6.45, 7) is 6.61. The second kappa shape index (κ2) is 5.77. The van der Waals surface area contributed by atoms with Crippen molar-refractivity contribution in [2.75, 3.05) is 37.7 Å². The van der Waals surface area contributed by atoms with E-state index in [0.29, 0.717) is 0 Å². The van der Waals surface area contributed by atoms with Crippen LogP contribution in [-0.2, 0) is 4.84 Å². The van der Waals surface area contributed by atoms with Crippen molar-refractivity contribution in [1.29, 1.82) is 0 Å². The van der Waals surface area contributed by atoms with Gasteiger partial charge in [-0.1, -0.05) is 6.92 Å². The number of aromatic nitrogens is 2. The lowest BCUT2D eigenvalue weighted by atomic mass is 10.4. The average Bonchev–Trinajstić information content (AvgIpc) is 2.38. The Bertz CT molecular complexity index is 298. The van der Waals surface area contributed by atoms with Crippen LogP contribution in [0.3, 0.4) is 0 Å². The number of hydroxylamine groups is 2. The van der Waals surface area contributed by atoms with Gasteiger partial charge in [-0.3, -0.25) is 4.84 Å². The number of piperazine rings is 1. The van der Waals surface area contributed by atoms with Gasteiger partial charge >= 0.3 is 0 Å². The molecular weight excluding hydrogens is 204 g/mol. The van der Waals surface area contributed by atoms with Crippen molar-refractivity contribution in [2.24, 2.45) is 0 Å². The summed E-state index contributed by atoms with van der Waals surface area (Å²) in [7, 11) is 0. The number of rotatable bonds is 4. The second-order valence-corrected chi connectivity index (χ2v) is 3.80. The van der Waals surface area contributed by atoms with Gasteiger partial charge in [0.1, 0.15) is 0 Å². The van der Waals surface area contributed by atoms with Gasteiger partial charge < -0.3 is 4.90 Å². The highest BCUT2D eigenvalue weighted by Gasteiger charge is 2.18. The lowest BCUT2D eigenvalue weighted by Crippen LogP contribution is -2.46. The van der Waals surface area contributed by atoms with E-state index in [2.05, 4.69) is 21.8 Å². The molecule has 1 aromatic heterocycles. The summed E-state index contributed by atoms with van der Waals surface area (Å²) in [4.78, 5) is 16.3. The zero-order valence-electron chi connectivity index (χ0n) is 9.67. The van der Waals surface area contributed by atoms with Crippen molar-refractivity contribution < 1.29 is 4.84 Å². The highest BCUT2D eigenvalue weighted by atomic mass is 16.7. The molecule has 88 valence electrons. The minimum atomic E-state index is 0.807. The fourth-order valence-corrected chi connectivity index (χ4v) is 1.69. The Morgan fingerprint density at radius 1 is 1.19 bits per heavy atom. The van der Waals surface area contributed by atoms with Crippen LogP contribution in [0, 0.1) is 0 Å². The third kappa shape index (κ3) is 2.90. The normalized spacial score (nSPS) is 17.7. The molecule has 2 rings (SSSR count). The van der Waals surface area contributed by atoms with Gasteiger partial charge in [0.05, 0.1) is 6.61 Å². The Hall–Kier alpha value is -1.20. The van der Waals surface area contributed by atoms with Crippen molar-refractivity contribution in [1.82, 2.24) is 15.0 Å². The fourth-order valence-electron chi connectivity index (χ4n) is 1.69. The first kappa shape index (κ1) is 11.3. The lowest BCUT2D eigenvalue weighted by molar-refractivity contribution is -0.161. The molecule has 1 aromatic rings. The Labute approximate surface area is 96.0 Å². The topological polar surface area (TPSA) is 41.5 Å². The summed E-state index contributed by atoms with van der Waals surface area (Å²) in [5.74, 6) is 0.817. The second-order valence-electron chi connectivity index (χ2n) is 3.80. The van der Waals surface area contributed by atoms with Gasteiger partial charge in [-0.2, -0.15) is 5.06 Å². The maximum Gasteiger partial charge on any atom is 0.225 e. The van der Waals surface area contributed by atoms with Crippen LogP contribution in [0.25, 0.3) is 0 Å². The molecule has 16 heavy (non-hydrogen) atoms. The minimum absolute atomic E-state index is 0.807. The number of anilines is 1. The van der Waals surface area contributed by atoms with Crippen LogP contribution in [0.1, 0.15) is 13.3 Å².